The Kier molecular flexibility index (Phi) is 16.6. The number of allylic oxidation sites excluding steroid dienone is 3. The summed E-state index contributed by atoms with van der Waals surface area (Å²) in [5.41, 5.74) is 3.89. The van der Waals surface area contributed by atoms with E-state index in [1.165, 1.54) is 30.4 Å². The van der Waals surface area contributed by atoms with Gasteiger partial charge in [-0.05, 0) is 95.4 Å². The van der Waals surface area contributed by atoms with Gasteiger partial charge in [-0.2, -0.15) is 0 Å². The molecular formula is C30H57NO4Si2. The molecule has 0 unspecified atom stereocenters. The molecule has 0 aromatic heterocycles. The molecule has 1 rings (SSSR count). The van der Waals surface area contributed by atoms with Crippen LogP contribution in [0.25, 0.3) is 0 Å². The van der Waals surface area contributed by atoms with Crippen LogP contribution in [0.1, 0.15) is 104 Å². The van der Waals surface area contributed by atoms with Gasteiger partial charge in [-0.25, -0.2) is 0 Å². The zero-order chi connectivity index (χ0) is 27.7. The molecule has 0 saturated carbocycles. The zero-order valence-corrected chi connectivity index (χ0v) is 27.4. The highest BCUT2D eigenvalue weighted by Gasteiger charge is 2.23. The smallest absolute Gasteiger partial charge is 0.292 e. The Labute approximate surface area is 230 Å². The largest absolute Gasteiger partial charge is 0.520 e. The third-order valence-electron chi connectivity index (χ3n) is 6.22. The number of hydrogen-bond acceptors (Lipinski definition) is 5. The normalized spacial score (nSPS) is 16.7. The van der Waals surface area contributed by atoms with Crippen molar-refractivity contribution in [3.63, 3.8) is 0 Å². The molecule has 1 aliphatic rings. The molecule has 5 nitrogen and oxygen atoms in total. The topological polar surface area (TPSA) is 57.1 Å². The third-order valence-corrected chi connectivity index (χ3v) is 8.07. The van der Waals surface area contributed by atoms with E-state index in [9.17, 15) is 4.79 Å². The maximum absolute atomic E-state index is 12.0. The molecule has 1 aliphatic carbocycles. The lowest BCUT2D eigenvalue weighted by molar-refractivity contribution is -0.135. The summed E-state index contributed by atoms with van der Waals surface area (Å²) in [6.45, 7) is 18.1. The summed E-state index contributed by atoms with van der Waals surface area (Å²) in [5, 5.41) is 4.56. The highest BCUT2D eigenvalue weighted by atomic mass is 28.4. The Bertz CT molecular complexity index is 748. The van der Waals surface area contributed by atoms with Crippen molar-refractivity contribution < 1.29 is 18.5 Å². The van der Waals surface area contributed by atoms with Gasteiger partial charge in [0, 0.05) is 6.42 Å². The van der Waals surface area contributed by atoms with Gasteiger partial charge in [0.05, 0.1) is 11.8 Å². The van der Waals surface area contributed by atoms with Gasteiger partial charge >= 0.3 is 0 Å². The summed E-state index contributed by atoms with van der Waals surface area (Å²) >= 11 is 0. The molecule has 0 saturated heterocycles. The molecule has 0 aliphatic heterocycles. The van der Waals surface area contributed by atoms with Crippen molar-refractivity contribution in [1.82, 2.24) is 0 Å². The lowest BCUT2D eigenvalue weighted by Gasteiger charge is -2.24. The highest BCUT2D eigenvalue weighted by Crippen LogP contribution is 2.30. The van der Waals surface area contributed by atoms with Gasteiger partial charge in [-0.1, -0.05) is 69.7 Å². The van der Waals surface area contributed by atoms with Gasteiger partial charge in [-0.3, -0.25) is 4.79 Å². The van der Waals surface area contributed by atoms with Crippen LogP contribution in [0.3, 0.4) is 0 Å². The summed E-state index contributed by atoms with van der Waals surface area (Å²) in [5.74, 6) is -0.0298. The fourth-order valence-electron chi connectivity index (χ4n) is 4.45. The van der Waals surface area contributed by atoms with Gasteiger partial charge in [0.1, 0.15) is 6.61 Å². The van der Waals surface area contributed by atoms with E-state index in [-0.39, 0.29) is 12.1 Å². The Morgan fingerprint density at radius 2 is 1.59 bits per heavy atom. The minimum Gasteiger partial charge on any atom is -0.520 e. The molecule has 0 radical (unpaired) electrons. The predicted molar refractivity (Wildman–Crippen MR) is 163 cm³/mol. The third kappa shape index (κ3) is 17.1. The lowest BCUT2D eigenvalue weighted by atomic mass is 10.0. The maximum atomic E-state index is 12.0. The first-order valence-electron chi connectivity index (χ1n) is 14.9. The van der Waals surface area contributed by atoms with E-state index < -0.39 is 16.6 Å². The van der Waals surface area contributed by atoms with E-state index in [1.54, 1.807) is 0 Å². The van der Waals surface area contributed by atoms with Gasteiger partial charge in [0.2, 0.25) is 8.32 Å². The lowest BCUT2D eigenvalue weighted by Crippen LogP contribution is -2.31. The Morgan fingerprint density at radius 1 is 0.892 bits per heavy atom. The minimum atomic E-state index is -1.78. The molecule has 214 valence electrons. The number of carbonyl (C=O) groups excluding carboxylic acids is 1. The fraction of sp³-hybridized carbons (Fsp3) is 0.800. The molecule has 0 spiro atoms. The summed E-state index contributed by atoms with van der Waals surface area (Å²) in [6.07, 6.45) is 19.5. The molecule has 0 aromatic carbocycles. The fourth-order valence-corrected chi connectivity index (χ4v) is 6.34. The average molecular weight is 552 g/mol. The number of carbonyl (C=O) groups is 1. The van der Waals surface area contributed by atoms with Crippen LogP contribution >= 0.6 is 0 Å². The van der Waals surface area contributed by atoms with Crippen LogP contribution in [-0.2, 0) is 18.5 Å². The molecule has 7 heteroatoms. The van der Waals surface area contributed by atoms with Crippen LogP contribution in [0.4, 0.5) is 0 Å². The van der Waals surface area contributed by atoms with Crippen molar-refractivity contribution in [1.29, 1.82) is 0 Å². The molecular weight excluding hydrogens is 495 g/mol. The van der Waals surface area contributed by atoms with Crippen LogP contribution in [0.15, 0.2) is 28.5 Å². The van der Waals surface area contributed by atoms with Crippen LogP contribution in [-0.4, -0.2) is 41.0 Å². The molecule has 1 atom stereocenters. The van der Waals surface area contributed by atoms with Gasteiger partial charge in [0.25, 0.3) is 5.97 Å². The SMILES string of the molecule is CCCCC[C@@H](/C=C/C1=C(CCCCCCC(=O)O[Si](C)(C)C)C(=N/OCCCC)/CC1)O[Si](C)(C)C. The zero-order valence-electron chi connectivity index (χ0n) is 25.4. The summed E-state index contributed by atoms with van der Waals surface area (Å²) in [4.78, 5) is 17.7. The van der Waals surface area contributed by atoms with Crippen LogP contribution in [0.5, 0.6) is 0 Å². The van der Waals surface area contributed by atoms with Gasteiger partial charge < -0.3 is 13.7 Å². The Hall–Kier alpha value is -1.19. The predicted octanol–water partition coefficient (Wildman–Crippen LogP) is 9.32. The number of hydrogen-bond donors (Lipinski definition) is 0. The molecule has 0 N–H and O–H groups in total. The second-order valence-corrected chi connectivity index (χ2v) is 21.2. The first-order chi connectivity index (χ1) is 17.4. The average Bonchev–Trinajstić information content (AvgIpc) is 3.16. The summed E-state index contributed by atoms with van der Waals surface area (Å²) in [6, 6.07) is 0. The van der Waals surface area contributed by atoms with Crippen molar-refractivity contribution in [2.24, 2.45) is 5.16 Å². The van der Waals surface area contributed by atoms with Gasteiger partial charge in [0.15, 0.2) is 8.32 Å². The van der Waals surface area contributed by atoms with Crippen molar-refractivity contribution >= 4 is 28.3 Å². The molecule has 0 heterocycles. The minimum absolute atomic E-state index is 0.0298. The first-order valence-corrected chi connectivity index (χ1v) is 21.8. The molecule has 37 heavy (non-hydrogen) atoms. The van der Waals surface area contributed by atoms with Gasteiger partial charge in [-0.15, -0.1) is 0 Å². The van der Waals surface area contributed by atoms with Crippen LogP contribution in [0, 0.1) is 0 Å². The maximum Gasteiger partial charge on any atom is 0.292 e. The van der Waals surface area contributed by atoms with Crippen LogP contribution in [0.2, 0.25) is 39.3 Å². The summed E-state index contributed by atoms with van der Waals surface area (Å²) in [7, 11) is -3.39. The second kappa shape index (κ2) is 18.2. The van der Waals surface area contributed by atoms with E-state index in [2.05, 4.69) is 70.4 Å². The van der Waals surface area contributed by atoms with Crippen molar-refractivity contribution in [2.75, 3.05) is 6.61 Å². The molecule has 0 bridgehead atoms. The van der Waals surface area contributed by atoms with E-state index in [0.29, 0.717) is 13.0 Å². The van der Waals surface area contributed by atoms with Crippen molar-refractivity contribution in [3.05, 3.63) is 23.3 Å². The van der Waals surface area contributed by atoms with Crippen LogP contribution < -0.4 is 0 Å². The molecule has 0 amide bonds. The number of unbranched alkanes of at least 4 members (excludes halogenated alkanes) is 6. The Balaban J connectivity index is 2.79. The monoisotopic (exact) mass is 551 g/mol. The second-order valence-electron chi connectivity index (χ2n) is 12.4. The van der Waals surface area contributed by atoms with E-state index in [0.717, 1.165) is 69.9 Å². The van der Waals surface area contributed by atoms with E-state index in [1.807, 2.05) is 0 Å². The van der Waals surface area contributed by atoms with E-state index in [4.69, 9.17) is 13.7 Å². The number of nitrogens with zero attached hydrogens (tertiary/aromatic N) is 1. The number of rotatable bonds is 20. The van der Waals surface area contributed by atoms with Crippen molar-refractivity contribution in [2.45, 2.75) is 149 Å². The quantitative estimate of drug-likeness (QED) is 0.0859. The standard InChI is InChI=1S/C30H57NO4Si2/c1-9-11-15-18-27(34-36(3,4)5)23-21-26-22-24-29(31-33-25-12-10-2)28(26)19-16-13-14-17-20-30(32)35-37(6,7)8/h21,23,27H,9-20,22,24-25H2,1-8H3/b23-21+,31-29+/t27-/m0/s1. The highest BCUT2D eigenvalue weighted by molar-refractivity contribution is 6.71. The van der Waals surface area contributed by atoms with E-state index >= 15 is 0 Å². The molecule has 0 aromatic rings. The van der Waals surface area contributed by atoms with Crippen molar-refractivity contribution in [3.8, 4) is 0 Å². The molecule has 0 fully saturated rings. The number of oxime groups is 1. The Morgan fingerprint density at radius 3 is 2.24 bits per heavy atom. The first kappa shape index (κ1) is 33.8. The summed E-state index contributed by atoms with van der Waals surface area (Å²) < 4.78 is 12.1.